The van der Waals surface area contributed by atoms with Gasteiger partial charge in [-0.05, 0) is 42.7 Å². The molecule has 2 rings (SSSR count). The summed E-state index contributed by atoms with van der Waals surface area (Å²) in [5, 5.41) is 0. The first-order valence-electron chi connectivity index (χ1n) is 6.49. The molecule has 2 unspecified atom stereocenters. The summed E-state index contributed by atoms with van der Waals surface area (Å²) >= 11 is 3.65. The van der Waals surface area contributed by atoms with Crippen LogP contribution in [-0.2, 0) is 6.42 Å². The van der Waals surface area contributed by atoms with E-state index in [4.69, 9.17) is 0 Å². The van der Waals surface area contributed by atoms with Crippen LogP contribution in [0.1, 0.15) is 38.7 Å². The zero-order valence-electron chi connectivity index (χ0n) is 10.8. The zero-order chi connectivity index (χ0) is 13.3. The van der Waals surface area contributed by atoms with Gasteiger partial charge in [-0.1, -0.05) is 42.3 Å². The molecule has 0 radical (unpaired) electrons. The van der Waals surface area contributed by atoms with Crippen molar-refractivity contribution >= 4 is 15.9 Å². The van der Waals surface area contributed by atoms with Crippen LogP contribution in [-0.4, -0.2) is 4.83 Å². The standard InChI is InChI=1S/C15H19BrF2/c1-15(2)8-4-5-11(15)12(16)9-10-13(17)6-3-7-14(10)18/h3,6-7,11-12H,4-5,8-9H2,1-2H3. The van der Waals surface area contributed by atoms with Crippen LogP contribution >= 0.6 is 15.9 Å². The first-order chi connectivity index (χ1) is 8.42. The average Bonchev–Trinajstić information content (AvgIpc) is 2.63. The van der Waals surface area contributed by atoms with Gasteiger partial charge in [-0.15, -0.1) is 0 Å². The summed E-state index contributed by atoms with van der Waals surface area (Å²) in [6.07, 6.45) is 3.96. The number of halogens is 3. The molecule has 0 bridgehead atoms. The first kappa shape index (κ1) is 14.0. The Hall–Kier alpha value is -0.440. The third-order valence-corrected chi connectivity index (χ3v) is 5.20. The van der Waals surface area contributed by atoms with E-state index in [1.54, 1.807) is 0 Å². The van der Waals surface area contributed by atoms with Crippen molar-refractivity contribution in [2.75, 3.05) is 0 Å². The fourth-order valence-corrected chi connectivity index (χ4v) is 4.39. The zero-order valence-corrected chi connectivity index (χ0v) is 12.4. The largest absolute Gasteiger partial charge is 0.207 e. The molecule has 0 aliphatic heterocycles. The Labute approximate surface area is 116 Å². The maximum absolute atomic E-state index is 13.6. The molecule has 1 aromatic carbocycles. The van der Waals surface area contributed by atoms with Gasteiger partial charge in [0.25, 0.3) is 0 Å². The second-order valence-electron chi connectivity index (χ2n) is 5.91. The molecular formula is C15H19BrF2. The molecule has 18 heavy (non-hydrogen) atoms. The third-order valence-electron chi connectivity index (χ3n) is 4.24. The third kappa shape index (κ3) is 2.76. The van der Waals surface area contributed by atoms with Gasteiger partial charge in [-0.2, -0.15) is 0 Å². The van der Waals surface area contributed by atoms with Crippen molar-refractivity contribution in [3.63, 3.8) is 0 Å². The maximum atomic E-state index is 13.6. The van der Waals surface area contributed by atoms with E-state index < -0.39 is 11.6 Å². The van der Waals surface area contributed by atoms with E-state index in [1.165, 1.54) is 31.0 Å². The lowest BCUT2D eigenvalue weighted by molar-refractivity contribution is 0.254. The number of hydrogen-bond acceptors (Lipinski definition) is 0. The molecule has 0 saturated heterocycles. The average molecular weight is 317 g/mol. The second kappa shape index (κ2) is 5.28. The summed E-state index contributed by atoms with van der Waals surface area (Å²) in [6, 6.07) is 4.08. The van der Waals surface area contributed by atoms with Crippen LogP contribution in [0.4, 0.5) is 8.78 Å². The van der Waals surface area contributed by atoms with E-state index in [9.17, 15) is 8.78 Å². The topological polar surface area (TPSA) is 0 Å². The number of rotatable bonds is 3. The van der Waals surface area contributed by atoms with Crippen LogP contribution in [0.25, 0.3) is 0 Å². The molecule has 1 aromatic rings. The van der Waals surface area contributed by atoms with Gasteiger partial charge in [0.1, 0.15) is 11.6 Å². The smallest absolute Gasteiger partial charge is 0.129 e. The SMILES string of the molecule is CC1(C)CCCC1C(Br)Cc1c(F)cccc1F. The minimum absolute atomic E-state index is 0.140. The molecule has 0 spiro atoms. The van der Waals surface area contributed by atoms with Crippen molar-refractivity contribution in [2.45, 2.75) is 44.4 Å². The molecule has 1 saturated carbocycles. The van der Waals surface area contributed by atoms with Gasteiger partial charge in [0.15, 0.2) is 0 Å². The lowest BCUT2D eigenvalue weighted by Crippen LogP contribution is -2.27. The summed E-state index contributed by atoms with van der Waals surface area (Å²) in [7, 11) is 0. The van der Waals surface area contributed by atoms with Gasteiger partial charge in [0.2, 0.25) is 0 Å². The molecule has 0 N–H and O–H groups in total. The Balaban J connectivity index is 2.14. The van der Waals surface area contributed by atoms with E-state index in [0.717, 1.165) is 6.42 Å². The Bertz CT molecular complexity index is 408. The second-order valence-corrected chi connectivity index (χ2v) is 7.08. The molecular weight excluding hydrogens is 298 g/mol. The lowest BCUT2D eigenvalue weighted by atomic mass is 9.78. The van der Waals surface area contributed by atoms with E-state index in [0.29, 0.717) is 12.3 Å². The number of alkyl halides is 1. The number of hydrogen-bond donors (Lipinski definition) is 0. The van der Waals surface area contributed by atoms with Crippen LogP contribution in [0.15, 0.2) is 18.2 Å². The number of benzene rings is 1. The first-order valence-corrected chi connectivity index (χ1v) is 7.40. The highest BCUT2D eigenvalue weighted by atomic mass is 79.9. The quantitative estimate of drug-likeness (QED) is 0.681. The van der Waals surface area contributed by atoms with Crippen LogP contribution in [0.3, 0.4) is 0 Å². The summed E-state index contributed by atoms with van der Waals surface area (Å²) in [5.41, 5.74) is 0.470. The van der Waals surface area contributed by atoms with Crippen LogP contribution < -0.4 is 0 Å². The molecule has 1 fully saturated rings. The van der Waals surface area contributed by atoms with Crippen molar-refractivity contribution in [2.24, 2.45) is 11.3 Å². The molecule has 1 aliphatic rings. The van der Waals surface area contributed by atoms with Gasteiger partial charge in [0, 0.05) is 10.4 Å². The van der Waals surface area contributed by atoms with Gasteiger partial charge in [-0.25, -0.2) is 8.78 Å². The summed E-state index contributed by atoms with van der Waals surface area (Å²) < 4.78 is 27.3. The van der Waals surface area contributed by atoms with Crippen LogP contribution in [0.5, 0.6) is 0 Å². The molecule has 0 amide bonds. The fourth-order valence-electron chi connectivity index (χ4n) is 3.09. The molecule has 0 heterocycles. The molecule has 3 heteroatoms. The lowest BCUT2D eigenvalue weighted by Gasteiger charge is -2.31. The predicted molar refractivity (Wildman–Crippen MR) is 73.9 cm³/mol. The Morgan fingerprint density at radius 2 is 1.94 bits per heavy atom. The summed E-state index contributed by atoms with van der Waals surface area (Å²) in [5.74, 6) is -0.387. The molecule has 2 atom stereocenters. The monoisotopic (exact) mass is 316 g/mol. The highest BCUT2D eigenvalue weighted by Crippen LogP contribution is 2.47. The molecule has 1 aliphatic carbocycles. The maximum Gasteiger partial charge on any atom is 0.129 e. The minimum Gasteiger partial charge on any atom is -0.207 e. The van der Waals surface area contributed by atoms with Crippen molar-refractivity contribution in [1.82, 2.24) is 0 Å². The predicted octanol–water partition coefficient (Wildman–Crippen LogP) is 5.10. The van der Waals surface area contributed by atoms with E-state index in [1.807, 2.05) is 0 Å². The minimum atomic E-state index is -0.435. The Morgan fingerprint density at radius 3 is 2.44 bits per heavy atom. The van der Waals surface area contributed by atoms with Gasteiger partial charge < -0.3 is 0 Å². The highest BCUT2D eigenvalue weighted by molar-refractivity contribution is 9.09. The van der Waals surface area contributed by atoms with Crippen LogP contribution in [0.2, 0.25) is 0 Å². The Kier molecular flexibility index (Phi) is 4.10. The van der Waals surface area contributed by atoms with Crippen molar-refractivity contribution in [3.8, 4) is 0 Å². The van der Waals surface area contributed by atoms with Crippen molar-refractivity contribution in [1.29, 1.82) is 0 Å². The van der Waals surface area contributed by atoms with Gasteiger partial charge in [0.05, 0.1) is 0 Å². The van der Waals surface area contributed by atoms with Crippen molar-refractivity contribution in [3.05, 3.63) is 35.4 Å². The molecule has 100 valence electrons. The fraction of sp³-hybridized carbons (Fsp3) is 0.600. The Morgan fingerprint density at radius 1 is 1.33 bits per heavy atom. The van der Waals surface area contributed by atoms with Crippen molar-refractivity contribution < 1.29 is 8.78 Å². The molecule has 0 nitrogen and oxygen atoms in total. The highest BCUT2D eigenvalue weighted by Gasteiger charge is 2.38. The van der Waals surface area contributed by atoms with E-state index in [2.05, 4.69) is 29.8 Å². The van der Waals surface area contributed by atoms with E-state index >= 15 is 0 Å². The van der Waals surface area contributed by atoms with Gasteiger partial charge in [-0.3, -0.25) is 0 Å². The summed E-state index contributed by atoms with van der Waals surface area (Å²) in [6.45, 7) is 4.49. The summed E-state index contributed by atoms with van der Waals surface area (Å²) in [4.78, 5) is 0.140. The van der Waals surface area contributed by atoms with Crippen LogP contribution in [0, 0.1) is 23.0 Å². The normalized spacial score (nSPS) is 24.2. The van der Waals surface area contributed by atoms with Gasteiger partial charge >= 0.3 is 0 Å². The van der Waals surface area contributed by atoms with E-state index in [-0.39, 0.29) is 15.8 Å². The molecule has 0 aromatic heterocycles.